The van der Waals surface area contributed by atoms with Crippen LogP contribution >= 0.6 is 0 Å². The number of allylic oxidation sites excluding steroid dienone is 5. The summed E-state index contributed by atoms with van der Waals surface area (Å²) in [5.74, 6) is 0.160. The Morgan fingerprint density at radius 3 is 2.75 bits per heavy atom. The van der Waals surface area contributed by atoms with Crippen LogP contribution in [0.1, 0.15) is 32.6 Å². The summed E-state index contributed by atoms with van der Waals surface area (Å²) in [4.78, 5) is 10.6. The number of carbonyl (C=O) groups is 1. The number of carboxylic acid groups (broad SMARTS) is 1. The molecular formula is C13H18O3. The number of hydrogen-bond acceptors (Lipinski definition) is 2. The second-order valence-electron chi connectivity index (χ2n) is 3.71. The standard InChI is InChI=1S/C13H18O3/c1-3-10-4-7-12(16-2)8-5-11(10)6-9-13(14)15/h4-5,8H,3,6-7,9H2,1-2H3,(H,14,15). The SMILES string of the molecule is CCC1=CCC(OC)=CC=C1CCC(=O)O. The number of rotatable bonds is 5. The fraction of sp³-hybridized carbons (Fsp3) is 0.462. The lowest BCUT2D eigenvalue weighted by atomic mass is 9.99. The normalized spacial score (nSPS) is 15.8. The molecule has 88 valence electrons. The van der Waals surface area contributed by atoms with Gasteiger partial charge in [0.1, 0.15) is 0 Å². The first kappa shape index (κ1) is 12.6. The van der Waals surface area contributed by atoms with Gasteiger partial charge in [-0.05, 0) is 30.1 Å². The highest BCUT2D eigenvalue weighted by molar-refractivity contribution is 5.67. The Hall–Kier alpha value is -1.51. The molecule has 3 heteroatoms. The first-order valence-electron chi connectivity index (χ1n) is 5.52. The zero-order valence-corrected chi connectivity index (χ0v) is 9.82. The molecule has 0 aromatic carbocycles. The minimum Gasteiger partial charge on any atom is -0.501 e. The van der Waals surface area contributed by atoms with Crippen LogP contribution in [0.5, 0.6) is 0 Å². The fourth-order valence-corrected chi connectivity index (χ4v) is 1.73. The largest absolute Gasteiger partial charge is 0.501 e. The van der Waals surface area contributed by atoms with Gasteiger partial charge in [-0.3, -0.25) is 4.79 Å². The number of ether oxygens (including phenoxy) is 1. The van der Waals surface area contributed by atoms with Crippen molar-refractivity contribution in [2.75, 3.05) is 7.11 Å². The van der Waals surface area contributed by atoms with E-state index < -0.39 is 5.97 Å². The molecule has 0 saturated carbocycles. The van der Waals surface area contributed by atoms with E-state index in [1.807, 2.05) is 12.2 Å². The van der Waals surface area contributed by atoms with Crippen molar-refractivity contribution in [1.82, 2.24) is 0 Å². The van der Waals surface area contributed by atoms with Crippen LogP contribution < -0.4 is 0 Å². The number of aliphatic carboxylic acids is 1. The second kappa shape index (κ2) is 6.16. The maximum atomic E-state index is 10.6. The maximum absolute atomic E-state index is 10.6. The molecule has 0 spiro atoms. The highest BCUT2D eigenvalue weighted by Crippen LogP contribution is 2.24. The van der Waals surface area contributed by atoms with Crippen LogP contribution in [0.25, 0.3) is 0 Å². The quantitative estimate of drug-likeness (QED) is 0.777. The smallest absolute Gasteiger partial charge is 0.303 e. The van der Waals surface area contributed by atoms with Gasteiger partial charge in [-0.15, -0.1) is 0 Å². The van der Waals surface area contributed by atoms with E-state index in [1.165, 1.54) is 5.57 Å². The molecule has 1 aliphatic carbocycles. The summed E-state index contributed by atoms with van der Waals surface area (Å²) in [7, 11) is 1.65. The Bertz CT molecular complexity index is 348. The van der Waals surface area contributed by atoms with Crippen molar-refractivity contribution in [3.8, 4) is 0 Å². The Morgan fingerprint density at radius 1 is 1.44 bits per heavy atom. The average Bonchev–Trinajstić information content (AvgIpc) is 2.47. The minimum absolute atomic E-state index is 0.180. The molecule has 0 unspecified atom stereocenters. The van der Waals surface area contributed by atoms with Crippen LogP contribution in [0.2, 0.25) is 0 Å². The molecule has 0 saturated heterocycles. The van der Waals surface area contributed by atoms with Gasteiger partial charge in [0.25, 0.3) is 0 Å². The Kier molecular flexibility index (Phi) is 4.83. The molecule has 0 heterocycles. The molecule has 1 rings (SSSR count). The second-order valence-corrected chi connectivity index (χ2v) is 3.71. The Balaban J connectivity index is 2.79. The summed E-state index contributed by atoms with van der Waals surface area (Å²) in [6, 6.07) is 0. The molecule has 0 fully saturated rings. The van der Waals surface area contributed by atoms with Gasteiger partial charge >= 0.3 is 5.97 Å². The third-order valence-corrected chi connectivity index (χ3v) is 2.68. The van der Waals surface area contributed by atoms with Crippen molar-refractivity contribution in [3.05, 3.63) is 35.1 Å². The number of hydrogen-bond donors (Lipinski definition) is 1. The third-order valence-electron chi connectivity index (χ3n) is 2.68. The van der Waals surface area contributed by atoms with Gasteiger partial charge < -0.3 is 9.84 Å². The lowest BCUT2D eigenvalue weighted by Gasteiger charge is -2.07. The summed E-state index contributed by atoms with van der Waals surface area (Å²) < 4.78 is 5.19. The van der Waals surface area contributed by atoms with Gasteiger partial charge in [-0.2, -0.15) is 0 Å². The molecule has 1 aliphatic rings. The predicted octanol–water partition coefficient (Wildman–Crippen LogP) is 3.05. The zero-order chi connectivity index (χ0) is 12.0. The first-order chi connectivity index (χ1) is 7.67. The minimum atomic E-state index is -0.753. The maximum Gasteiger partial charge on any atom is 0.303 e. The van der Waals surface area contributed by atoms with E-state index in [9.17, 15) is 4.79 Å². The Morgan fingerprint density at radius 2 is 2.19 bits per heavy atom. The molecule has 0 bridgehead atoms. The molecule has 0 aromatic heterocycles. The zero-order valence-electron chi connectivity index (χ0n) is 9.82. The lowest BCUT2D eigenvalue weighted by Crippen LogP contribution is -1.97. The van der Waals surface area contributed by atoms with Crippen molar-refractivity contribution in [2.45, 2.75) is 32.6 Å². The fourth-order valence-electron chi connectivity index (χ4n) is 1.73. The summed E-state index contributed by atoms with van der Waals surface area (Å²) in [5, 5.41) is 8.68. The summed E-state index contributed by atoms with van der Waals surface area (Å²) in [6.07, 6.45) is 8.50. The van der Waals surface area contributed by atoms with E-state index >= 15 is 0 Å². The molecular weight excluding hydrogens is 204 g/mol. The van der Waals surface area contributed by atoms with Crippen LogP contribution in [0.15, 0.2) is 35.1 Å². The van der Waals surface area contributed by atoms with E-state index in [0.717, 1.165) is 24.2 Å². The van der Waals surface area contributed by atoms with Crippen LogP contribution in [0.3, 0.4) is 0 Å². The molecule has 0 amide bonds. The number of methoxy groups -OCH3 is 1. The Labute approximate surface area is 96.1 Å². The van der Waals surface area contributed by atoms with Crippen molar-refractivity contribution >= 4 is 5.97 Å². The molecule has 0 radical (unpaired) electrons. The summed E-state index contributed by atoms with van der Waals surface area (Å²) >= 11 is 0. The van der Waals surface area contributed by atoms with Gasteiger partial charge in [0.2, 0.25) is 0 Å². The predicted molar refractivity (Wildman–Crippen MR) is 63.0 cm³/mol. The van der Waals surface area contributed by atoms with Gasteiger partial charge in [-0.25, -0.2) is 0 Å². The van der Waals surface area contributed by atoms with Gasteiger partial charge in [0.05, 0.1) is 12.9 Å². The van der Waals surface area contributed by atoms with Gasteiger partial charge in [0.15, 0.2) is 0 Å². The monoisotopic (exact) mass is 222 g/mol. The van der Waals surface area contributed by atoms with E-state index in [-0.39, 0.29) is 6.42 Å². The van der Waals surface area contributed by atoms with Crippen LogP contribution in [-0.4, -0.2) is 18.2 Å². The highest BCUT2D eigenvalue weighted by atomic mass is 16.5. The van der Waals surface area contributed by atoms with E-state index in [2.05, 4.69) is 13.0 Å². The van der Waals surface area contributed by atoms with Crippen molar-refractivity contribution < 1.29 is 14.6 Å². The molecule has 3 nitrogen and oxygen atoms in total. The van der Waals surface area contributed by atoms with Crippen molar-refractivity contribution in [1.29, 1.82) is 0 Å². The molecule has 0 aliphatic heterocycles. The van der Waals surface area contributed by atoms with Crippen LogP contribution in [-0.2, 0) is 9.53 Å². The van der Waals surface area contributed by atoms with E-state index in [4.69, 9.17) is 9.84 Å². The first-order valence-corrected chi connectivity index (χ1v) is 5.52. The lowest BCUT2D eigenvalue weighted by molar-refractivity contribution is -0.136. The average molecular weight is 222 g/mol. The van der Waals surface area contributed by atoms with E-state index in [1.54, 1.807) is 7.11 Å². The molecule has 0 atom stereocenters. The summed E-state index contributed by atoms with van der Waals surface area (Å²) in [6.45, 7) is 2.08. The van der Waals surface area contributed by atoms with Crippen LogP contribution in [0, 0.1) is 0 Å². The number of carboxylic acids is 1. The summed E-state index contributed by atoms with van der Waals surface area (Å²) in [5.41, 5.74) is 2.33. The molecule has 16 heavy (non-hydrogen) atoms. The van der Waals surface area contributed by atoms with Crippen LogP contribution in [0.4, 0.5) is 0 Å². The van der Waals surface area contributed by atoms with E-state index in [0.29, 0.717) is 6.42 Å². The highest BCUT2D eigenvalue weighted by Gasteiger charge is 2.09. The topological polar surface area (TPSA) is 46.5 Å². The van der Waals surface area contributed by atoms with Gasteiger partial charge in [0, 0.05) is 12.8 Å². The third kappa shape index (κ3) is 3.57. The molecule has 1 N–H and O–H groups in total. The van der Waals surface area contributed by atoms with Crippen molar-refractivity contribution in [2.24, 2.45) is 0 Å². The van der Waals surface area contributed by atoms with Gasteiger partial charge in [-0.1, -0.05) is 19.1 Å². The van der Waals surface area contributed by atoms with Crippen molar-refractivity contribution in [3.63, 3.8) is 0 Å². The molecule has 0 aromatic rings.